The van der Waals surface area contributed by atoms with Crippen LogP contribution >= 0.6 is 0 Å². The third-order valence-electron chi connectivity index (χ3n) is 5.32. The number of aryl methyl sites for hydroxylation is 1. The molecule has 0 bridgehead atoms. The van der Waals surface area contributed by atoms with Crippen molar-refractivity contribution < 1.29 is 9.21 Å². The highest BCUT2D eigenvalue weighted by molar-refractivity contribution is 5.79. The molecule has 0 spiro atoms. The third-order valence-corrected chi connectivity index (χ3v) is 5.32. The van der Waals surface area contributed by atoms with Gasteiger partial charge in [-0.3, -0.25) is 14.6 Å². The number of oxazole rings is 1. The first-order valence-corrected chi connectivity index (χ1v) is 8.96. The summed E-state index contributed by atoms with van der Waals surface area (Å²) in [5.41, 5.74) is -0.712. The van der Waals surface area contributed by atoms with Gasteiger partial charge in [-0.15, -0.1) is 0 Å². The van der Waals surface area contributed by atoms with E-state index in [1.54, 1.807) is 6.20 Å². The standard InChI is InChI=1S/C18H27N5O2/c1-13-8-20-17(25-13)11-22(3)15-6-7-23(9-15)10-16(24)21-18(2,12-19)14-4-5-14/h8,14-15H,4-7,9-11H2,1-3H3,(H,21,24)/t15-,18-/m1/s1. The zero-order valence-corrected chi connectivity index (χ0v) is 15.3. The average Bonchev–Trinajstić information content (AvgIpc) is 3.21. The van der Waals surface area contributed by atoms with Gasteiger partial charge in [0.15, 0.2) is 0 Å². The molecule has 1 N–H and O–H groups in total. The van der Waals surface area contributed by atoms with Crippen molar-refractivity contribution in [1.82, 2.24) is 20.1 Å². The molecule has 0 aromatic carbocycles. The smallest absolute Gasteiger partial charge is 0.235 e. The van der Waals surface area contributed by atoms with Crippen molar-refractivity contribution in [3.05, 3.63) is 17.8 Å². The summed E-state index contributed by atoms with van der Waals surface area (Å²) in [6, 6.07) is 2.66. The molecule has 1 aromatic heterocycles. The molecule has 0 unspecified atom stereocenters. The van der Waals surface area contributed by atoms with Gasteiger partial charge in [-0.05, 0) is 46.1 Å². The Bertz CT molecular complexity index is 663. The summed E-state index contributed by atoms with van der Waals surface area (Å²) >= 11 is 0. The van der Waals surface area contributed by atoms with Gasteiger partial charge >= 0.3 is 0 Å². The van der Waals surface area contributed by atoms with Crippen molar-refractivity contribution in [3.8, 4) is 6.07 Å². The molecule has 1 amide bonds. The number of likely N-dealkylation sites (tertiary alicyclic amines) is 1. The molecule has 1 aliphatic heterocycles. The summed E-state index contributed by atoms with van der Waals surface area (Å²) in [6.07, 6.45) is 4.81. The molecule has 2 atom stereocenters. The number of nitrogens with zero attached hydrogens (tertiary/aromatic N) is 4. The number of hydrogen-bond acceptors (Lipinski definition) is 6. The van der Waals surface area contributed by atoms with Crippen molar-refractivity contribution in [3.63, 3.8) is 0 Å². The molecular formula is C18H27N5O2. The lowest BCUT2D eigenvalue weighted by atomic mass is 9.98. The van der Waals surface area contributed by atoms with E-state index in [1.165, 1.54) is 0 Å². The minimum absolute atomic E-state index is 0.0532. The van der Waals surface area contributed by atoms with Crippen LogP contribution in [0.3, 0.4) is 0 Å². The lowest BCUT2D eigenvalue weighted by molar-refractivity contribution is -0.123. The Hall–Kier alpha value is -1.91. The summed E-state index contributed by atoms with van der Waals surface area (Å²) in [5.74, 6) is 1.81. The monoisotopic (exact) mass is 345 g/mol. The molecule has 7 heteroatoms. The fraction of sp³-hybridized carbons (Fsp3) is 0.722. The van der Waals surface area contributed by atoms with Crippen LogP contribution in [-0.2, 0) is 11.3 Å². The van der Waals surface area contributed by atoms with Crippen LogP contribution in [-0.4, -0.2) is 59.0 Å². The minimum atomic E-state index is -0.712. The van der Waals surface area contributed by atoms with Crippen LogP contribution < -0.4 is 5.32 Å². The highest BCUT2D eigenvalue weighted by Gasteiger charge is 2.43. The van der Waals surface area contributed by atoms with E-state index in [1.807, 2.05) is 13.8 Å². The van der Waals surface area contributed by atoms with Gasteiger partial charge in [-0.1, -0.05) is 0 Å². The molecule has 1 aromatic rings. The van der Waals surface area contributed by atoms with Gasteiger partial charge in [0.25, 0.3) is 0 Å². The number of rotatable bonds is 7. The van der Waals surface area contributed by atoms with E-state index in [2.05, 4.69) is 33.2 Å². The molecular weight excluding hydrogens is 318 g/mol. The summed E-state index contributed by atoms with van der Waals surface area (Å²) in [6.45, 7) is 6.49. The van der Waals surface area contributed by atoms with E-state index in [4.69, 9.17) is 4.42 Å². The van der Waals surface area contributed by atoms with E-state index in [0.29, 0.717) is 25.0 Å². The number of aromatic nitrogens is 1. The topological polar surface area (TPSA) is 85.4 Å². The van der Waals surface area contributed by atoms with E-state index < -0.39 is 5.54 Å². The fourth-order valence-electron chi connectivity index (χ4n) is 3.55. The van der Waals surface area contributed by atoms with Crippen molar-refractivity contribution in [2.24, 2.45) is 5.92 Å². The predicted molar refractivity (Wildman–Crippen MR) is 92.4 cm³/mol. The van der Waals surface area contributed by atoms with Crippen LogP contribution in [0.5, 0.6) is 0 Å². The predicted octanol–water partition coefficient (Wildman–Crippen LogP) is 1.30. The van der Waals surface area contributed by atoms with Crippen LogP contribution in [0.15, 0.2) is 10.6 Å². The zero-order valence-electron chi connectivity index (χ0n) is 15.3. The molecule has 1 aliphatic carbocycles. The third kappa shape index (κ3) is 4.39. The second-order valence-corrected chi connectivity index (χ2v) is 7.59. The van der Waals surface area contributed by atoms with Crippen LogP contribution in [0.25, 0.3) is 0 Å². The van der Waals surface area contributed by atoms with Crippen LogP contribution in [0.1, 0.15) is 37.8 Å². The van der Waals surface area contributed by atoms with Gasteiger partial charge in [0.05, 0.1) is 25.4 Å². The Morgan fingerprint density at radius 3 is 2.92 bits per heavy atom. The Kier molecular flexibility index (Phi) is 5.11. The molecule has 136 valence electrons. The quantitative estimate of drug-likeness (QED) is 0.802. The van der Waals surface area contributed by atoms with Gasteiger partial charge in [0.1, 0.15) is 11.3 Å². The second kappa shape index (κ2) is 7.14. The molecule has 25 heavy (non-hydrogen) atoms. The lowest BCUT2D eigenvalue weighted by Gasteiger charge is -2.25. The van der Waals surface area contributed by atoms with Crippen molar-refractivity contribution in [2.45, 2.75) is 51.2 Å². The number of hydrogen-bond donors (Lipinski definition) is 1. The SMILES string of the molecule is Cc1cnc(CN(C)[C@@H]2CCN(CC(=O)N[C@](C)(C#N)C3CC3)C2)o1. The Morgan fingerprint density at radius 2 is 2.32 bits per heavy atom. The molecule has 3 rings (SSSR count). The number of carbonyl (C=O) groups excluding carboxylic acids is 1. The number of carbonyl (C=O) groups is 1. The van der Waals surface area contributed by atoms with Crippen molar-refractivity contribution >= 4 is 5.91 Å². The summed E-state index contributed by atoms with van der Waals surface area (Å²) in [5, 5.41) is 12.3. The summed E-state index contributed by atoms with van der Waals surface area (Å²) in [4.78, 5) is 21.0. The molecule has 1 saturated carbocycles. The first kappa shape index (κ1) is 17.9. The van der Waals surface area contributed by atoms with E-state index in [0.717, 1.165) is 44.0 Å². The Morgan fingerprint density at radius 1 is 1.56 bits per heavy atom. The molecule has 2 fully saturated rings. The fourth-order valence-corrected chi connectivity index (χ4v) is 3.55. The first-order chi connectivity index (χ1) is 11.9. The van der Waals surface area contributed by atoms with Gasteiger partial charge in [-0.2, -0.15) is 5.26 Å². The maximum atomic E-state index is 12.3. The van der Waals surface area contributed by atoms with E-state index in [9.17, 15) is 10.1 Å². The van der Waals surface area contributed by atoms with Gasteiger partial charge in [0, 0.05) is 19.1 Å². The van der Waals surface area contributed by atoms with Gasteiger partial charge < -0.3 is 9.73 Å². The molecule has 7 nitrogen and oxygen atoms in total. The highest BCUT2D eigenvalue weighted by Crippen LogP contribution is 2.39. The number of likely N-dealkylation sites (N-methyl/N-ethyl adjacent to an activating group) is 1. The Labute approximate surface area is 149 Å². The maximum Gasteiger partial charge on any atom is 0.235 e. The van der Waals surface area contributed by atoms with Crippen molar-refractivity contribution in [1.29, 1.82) is 5.26 Å². The van der Waals surface area contributed by atoms with Gasteiger partial charge in [0.2, 0.25) is 11.8 Å². The first-order valence-electron chi connectivity index (χ1n) is 8.96. The summed E-state index contributed by atoms with van der Waals surface area (Å²) < 4.78 is 5.54. The second-order valence-electron chi connectivity index (χ2n) is 7.59. The molecule has 0 radical (unpaired) electrons. The number of amides is 1. The van der Waals surface area contributed by atoms with Crippen LogP contribution in [0.2, 0.25) is 0 Å². The lowest BCUT2D eigenvalue weighted by Crippen LogP contribution is -2.50. The van der Waals surface area contributed by atoms with E-state index in [-0.39, 0.29) is 5.91 Å². The zero-order chi connectivity index (χ0) is 18.0. The largest absolute Gasteiger partial charge is 0.445 e. The van der Waals surface area contributed by atoms with Gasteiger partial charge in [-0.25, -0.2) is 4.98 Å². The average molecular weight is 345 g/mol. The van der Waals surface area contributed by atoms with Crippen LogP contribution in [0, 0.1) is 24.2 Å². The highest BCUT2D eigenvalue weighted by atomic mass is 16.4. The van der Waals surface area contributed by atoms with Crippen LogP contribution in [0.4, 0.5) is 0 Å². The van der Waals surface area contributed by atoms with Crippen molar-refractivity contribution in [2.75, 3.05) is 26.7 Å². The minimum Gasteiger partial charge on any atom is -0.445 e. The number of nitrogens with one attached hydrogen (secondary N) is 1. The number of nitriles is 1. The Balaban J connectivity index is 1.46. The summed E-state index contributed by atoms with van der Waals surface area (Å²) in [7, 11) is 2.06. The van der Waals surface area contributed by atoms with E-state index >= 15 is 0 Å². The molecule has 2 aliphatic rings. The normalized spacial score (nSPS) is 23.4. The molecule has 2 heterocycles. The molecule has 1 saturated heterocycles. The maximum absolute atomic E-state index is 12.3.